The van der Waals surface area contributed by atoms with Crippen LogP contribution >= 0.6 is 0 Å². The van der Waals surface area contributed by atoms with E-state index in [1.54, 1.807) is 30.3 Å². The van der Waals surface area contributed by atoms with Crippen LogP contribution in [0.1, 0.15) is 17.0 Å². The number of carboxylic acids is 1. The fraction of sp³-hybridized carbons (Fsp3) is 0.278. The zero-order valence-electron chi connectivity index (χ0n) is 13.8. The second-order valence-electron chi connectivity index (χ2n) is 5.20. The van der Waals surface area contributed by atoms with Gasteiger partial charge in [0, 0.05) is 6.07 Å². The molecule has 0 saturated carbocycles. The molecular formula is C18H20O6. The molecule has 0 aromatic heterocycles. The Labute approximate surface area is 140 Å². The monoisotopic (exact) mass is 332 g/mol. The normalized spacial score (nSPS) is 11.6. The summed E-state index contributed by atoms with van der Waals surface area (Å²) in [6.45, 7) is 0. The van der Waals surface area contributed by atoms with Crippen molar-refractivity contribution in [3.63, 3.8) is 0 Å². The molecule has 2 N–H and O–H groups in total. The summed E-state index contributed by atoms with van der Waals surface area (Å²) < 4.78 is 15.4. The minimum Gasteiger partial charge on any atom is -0.508 e. The number of methoxy groups -OCH3 is 3. The summed E-state index contributed by atoms with van der Waals surface area (Å²) in [5.41, 5.74) is 1.09. The molecule has 2 rings (SSSR count). The summed E-state index contributed by atoms with van der Waals surface area (Å²) >= 11 is 0. The third-order valence-electron chi connectivity index (χ3n) is 3.82. The molecule has 0 bridgehead atoms. The summed E-state index contributed by atoms with van der Waals surface area (Å²) in [4.78, 5) is 11.7. The first-order chi connectivity index (χ1) is 11.5. The molecule has 6 heteroatoms. The Balaban J connectivity index is 2.35. The lowest BCUT2D eigenvalue weighted by atomic mass is 9.91. The van der Waals surface area contributed by atoms with Gasteiger partial charge in [-0.25, -0.2) is 0 Å². The lowest BCUT2D eigenvalue weighted by molar-refractivity contribution is -0.138. The summed E-state index contributed by atoms with van der Waals surface area (Å²) in [6.07, 6.45) is 0.140. The highest BCUT2D eigenvalue weighted by molar-refractivity contribution is 5.77. The van der Waals surface area contributed by atoms with Gasteiger partial charge in [0.25, 0.3) is 0 Å². The van der Waals surface area contributed by atoms with E-state index in [1.807, 2.05) is 0 Å². The van der Waals surface area contributed by atoms with Crippen molar-refractivity contribution >= 4 is 5.97 Å². The van der Waals surface area contributed by atoms with Gasteiger partial charge < -0.3 is 24.4 Å². The molecule has 0 saturated heterocycles. The molecule has 0 fully saturated rings. The number of carboxylic acid groups (broad SMARTS) is 1. The van der Waals surface area contributed by atoms with Crippen molar-refractivity contribution in [1.82, 2.24) is 0 Å². The summed E-state index contributed by atoms with van der Waals surface area (Å²) in [5, 5.41) is 19.7. The summed E-state index contributed by atoms with van der Waals surface area (Å²) in [7, 11) is 4.51. The summed E-state index contributed by atoms with van der Waals surface area (Å²) in [5.74, 6) is -0.324. The van der Waals surface area contributed by atoms with Gasteiger partial charge in [-0.05, 0) is 35.7 Å². The molecule has 0 aliphatic carbocycles. The zero-order chi connectivity index (χ0) is 17.7. The molecule has 0 spiro atoms. The van der Waals surface area contributed by atoms with Gasteiger partial charge in [-0.2, -0.15) is 0 Å². The van der Waals surface area contributed by atoms with Gasteiger partial charge in [0.05, 0.1) is 27.2 Å². The van der Waals surface area contributed by atoms with E-state index in [4.69, 9.17) is 14.2 Å². The fourth-order valence-corrected chi connectivity index (χ4v) is 2.48. The molecule has 1 unspecified atom stereocenters. The Morgan fingerprint density at radius 3 is 2.25 bits per heavy atom. The van der Waals surface area contributed by atoms with Crippen molar-refractivity contribution in [3.05, 3.63) is 47.5 Å². The van der Waals surface area contributed by atoms with Crippen molar-refractivity contribution in [2.75, 3.05) is 21.3 Å². The van der Waals surface area contributed by atoms with Gasteiger partial charge in [-0.1, -0.05) is 12.1 Å². The van der Waals surface area contributed by atoms with Crippen LogP contribution in [0, 0.1) is 0 Å². The number of aromatic hydroxyl groups is 1. The SMILES string of the molecule is COc1ccc(CC(C(=O)O)c2ccc(OC)c(OC)c2)c(O)c1. The predicted octanol–water partition coefficient (Wildman–Crippen LogP) is 2.83. The Hall–Kier alpha value is -2.89. The van der Waals surface area contributed by atoms with Crippen LogP contribution in [0.2, 0.25) is 0 Å². The van der Waals surface area contributed by atoms with E-state index in [-0.39, 0.29) is 12.2 Å². The number of hydrogen-bond donors (Lipinski definition) is 2. The molecular weight excluding hydrogens is 312 g/mol. The number of hydrogen-bond acceptors (Lipinski definition) is 5. The van der Waals surface area contributed by atoms with Gasteiger partial charge in [0.15, 0.2) is 11.5 Å². The van der Waals surface area contributed by atoms with Crippen molar-refractivity contribution in [2.24, 2.45) is 0 Å². The van der Waals surface area contributed by atoms with Gasteiger partial charge in [0.1, 0.15) is 11.5 Å². The van der Waals surface area contributed by atoms with E-state index in [9.17, 15) is 15.0 Å². The molecule has 0 heterocycles. The van der Waals surface area contributed by atoms with E-state index in [2.05, 4.69) is 0 Å². The quantitative estimate of drug-likeness (QED) is 0.811. The van der Waals surface area contributed by atoms with Crippen molar-refractivity contribution in [2.45, 2.75) is 12.3 Å². The Morgan fingerprint density at radius 1 is 1.00 bits per heavy atom. The van der Waals surface area contributed by atoms with Gasteiger partial charge in [-0.15, -0.1) is 0 Å². The van der Waals surface area contributed by atoms with Crippen LogP contribution in [-0.2, 0) is 11.2 Å². The van der Waals surface area contributed by atoms with Crippen LogP contribution in [-0.4, -0.2) is 37.5 Å². The maximum Gasteiger partial charge on any atom is 0.311 e. The van der Waals surface area contributed by atoms with Crippen LogP contribution < -0.4 is 14.2 Å². The first kappa shape index (κ1) is 17.5. The highest BCUT2D eigenvalue weighted by Gasteiger charge is 2.23. The second-order valence-corrected chi connectivity index (χ2v) is 5.20. The zero-order valence-corrected chi connectivity index (χ0v) is 13.8. The number of ether oxygens (including phenoxy) is 3. The molecule has 0 amide bonds. The highest BCUT2D eigenvalue weighted by atomic mass is 16.5. The number of carbonyl (C=O) groups is 1. The van der Waals surface area contributed by atoms with Gasteiger partial charge >= 0.3 is 5.97 Å². The topological polar surface area (TPSA) is 85.2 Å². The highest BCUT2D eigenvalue weighted by Crippen LogP contribution is 2.34. The van der Waals surface area contributed by atoms with Crippen LogP contribution in [0.4, 0.5) is 0 Å². The molecule has 2 aromatic rings. The van der Waals surface area contributed by atoms with Crippen molar-refractivity contribution in [3.8, 4) is 23.0 Å². The molecule has 1 atom stereocenters. The van der Waals surface area contributed by atoms with Crippen LogP contribution in [0.3, 0.4) is 0 Å². The van der Waals surface area contributed by atoms with E-state index in [1.165, 1.54) is 27.4 Å². The maximum absolute atomic E-state index is 11.7. The Morgan fingerprint density at radius 2 is 1.71 bits per heavy atom. The minimum atomic E-state index is -0.988. The van der Waals surface area contributed by atoms with Gasteiger partial charge in [0.2, 0.25) is 0 Å². The molecule has 0 aliphatic rings. The number of phenols is 1. The lowest BCUT2D eigenvalue weighted by Crippen LogP contribution is -2.14. The molecule has 0 aliphatic heterocycles. The number of rotatable bonds is 7. The average molecular weight is 332 g/mol. The van der Waals surface area contributed by atoms with E-state index >= 15 is 0 Å². The Bertz CT molecular complexity index is 725. The van der Waals surface area contributed by atoms with E-state index in [0.717, 1.165) is 0 Å². The van der Waals surface area contributed by atoms with E-state index in [0.29, 0.717) is 28.4 Å². The van der Waals surface area contributed by atoms with Gasteiger partial charge in [-0.3, -0.25) is 4.79 Å². The third kappa shape index (κ3) is 3.71. The lowest BCUT2D eigenvalue weighted by Gasteiger charge is -2.16. The number of phenolic OH excluding ortho intramolecular Hbond substituents is 1. The second kappa shape index (κ2) is 7.59. The smallest absolute Gasteiger partial charge is 0.311 e. The summed E-state index contributed by atoms with van der Waals surface area (Å²) in [6, 6.07) is 9.78. The standard InChI is InChI=1S/C18H20O6/c1-22-13-6-4-12(15(19)10-13)8-14(18(20)21)11-5-7-16(23-2)17(9-11)24-3/h4-7,9-10,14,19H,8H2,1-3H3,(H,20,21). The molecule has 24 heavy (non-hydrogen) atoms. The average Bonchev–Trinajstić information content (AvgIpc) is 2.59. The predicted molar refractivity (Wildman–Crippen MR) is 88.3 cm³/mol. The first-order valence-corrected chi connectivity index (χ1v) is 7.30. The van der Waals surface area contributed by atoms with Crippen molar-refractivity contribution in [1.29, 1.82) is 0 Å². The minimum absolute atomic E-state index is 0.000997. The third-order valence-corrected chi connectivity index (χ3v) is 3.82. The van der Waals surface area contributed by atoms with Crippen LogP contribution in [0.5, 0.6) is 23.0 Å². The molecule has 2 aromatic carbocycles. The molecule has 128 valence electrons. The van der Waals surface area contributed by atoms with Crippen LogP contribution in [0.15, 0.2) is 36.4 Å². The maximum atomic E-state index is 11.7. The number of benzene rings is 2. The Kier molecular flexibility index (Phi) is 5.52. The van der Waals surface area contributed by atoms with Crippen molar-refractivity contribution < 1.29 is 29.2 Å². The molecule has 6 nitrogen and oxygen atoms in total. The van der Waals surface area contributed by atoms with Crippen LogP contribution in [0.25, 0.3) is 0 Å². The largest absolute Gasteiger partial charge is 0.508 e. The first-order valence-electron chi connectivity index (χ1n) is 7.30. The fourth-order valence-electron chi connectivity index (χ4n) is 2.48. The number of aliphatic carboxylic acids is 1. The molecule has 0 radical (unpaired) electrons. The van der Waals surface area contributed by atoms with E-state index < -0.39 is 11.9 Å².